The maximum absolute atomic E-state index is 11.3. The molecule has 0 aromatic carbocycles. The van der Waals surface area contributed by atoms with Gasteiger partial charge in [-0.2, -0.15) is 0 Å². The lowest BCUT2D eigenvalue weighted by Gasteiger charge is -2.31. The molecule has 0 spiro atoms. The van der Waals surface area contributed by atoms with E-state index in [9.17, 15) is 9.59 Å². The smallest absolute Gasteiger partial charge is 0.308 e. The van der Waals surface area contributed by atoms with Crippen molar-refractivity contribution in [3.8, 4) is 0 Å². The molecule has 0 fully saturated rings. The first-order valence-electron chi connectivity index (χ1n) is 6.52. The van der Waals surface area contributed by atoms with Gasteiger partial charge in [-0.15, -0.1) is 0 Å². The normalized spacial score (nSPS) is 12.1. The minimum Gasteiger partial charge on any atom is -0.376 e. The van der Waals surface area contributed by atoms with E-state index in [1.165, 1.54) is 0 Å². The SMILES string of the molecule is CCC(=O)NC(C)(C)O[SiH2]OC(C)(C)NC(=O)CC. The van der Waals surface area contributed by atoms with Gasteiger partial charge in [0.2, 0.25) is 11.8 Å². The van der Waals surface area contributed by atoms with Gasteiger partial charge >= 0.3 is 10.0 Å². The minimum absolute atomic E-state index is 0.0717. The minimum atomic E-state index is -1.33. The third kappa shape index (κ3) is 8.74. The van der Waals surface area contributed by atoms with Gasteiger partial charge in [-0.05, 0) is 27.7 Å². The number of carbonyl (C=O) groups excluding carboxylic acids is 2. The second-order valence-corrected chi connectivity index (χ2v) is 6.04. The first-order chi connectivity index (χ1) is 8.62. The highest BCUT2D eigenvalue weighted by atomic mass is 28.3. The number of amides is 2. The number of rotatable bonds is 8. The van der Waals surface area contributed by atoms with Crippen LogP contribution in [0, 0.1) is 0 Å². The van der Waals surface area contributed by atoms with Crippen molar-refractivity contribution >= 4 is 21.8 Å². The highest BCUT2D eigenvalue weighted by Gasteiger charge is 2.24. The summed E-state index contributed by atoms with van der Waals surface area (Å²) in [6.45, 7) is 10.7. The molecule has 0 aliphatic rings. The Morgan fingerprint density at radius 1 is 0.895 bits per heavy atom. The van der Waals surface area contributed by atoms with Gasteiger partial charge in [-0.1, -0.05) is 13.8 Å². The van der Waals surface area contributed by atoms with Crippen LogP contribution in [-0.2, 0) is 18.4 Å². The third-order valence-corrected chi connectivity index (χ3v) is 4.04. The summed E-state index contributed by atoms with van der Waals surface area (Å²) in [4.78, 5) is 22.6. The van der Waals surface area contributed by atoms with Crippen LogP contribution < -0.4 is 10.6 Å². The zero-order valence-electron chi connectivity index (χ0n) is 12.8. The number of hydrogen-bond donors (Lipinski definition) is 2. The van der Waals surface area contributed by atoms with E-state index in [-0.39, 0.29) is 11.8 Å². The van der Waals surface area contributed by atoms with Crippen molar-refractivity contribution in [3.63, 3.8) is 0 Å². The van der Waals surface area contributed by atoms with Crippen molar-refractivity contribution in [3.05, 3.63) is 0 Å². The monoisotopic (exact) mass is 290 g/mol. The molecule has 0 heterocycles. The van der Waals surface area contributed by atoms with E-state index in [0.717, 1.165) is 0 Å². The fourth-order valence-electron chi connectivity index (χ4n) is 1.24. The molecule has 0 rings (SSSR count). The number of nitrogens with one attached hydrogen (secondary N) is 2. The molecule has 7 heteroatoms. The molecule has 0 saturated carbocycles. The molecule has 0 aromatic heterocycles. The Bertz CT molecular complexity index is 289. The number of carbonyl (C=O) groups is 2. The van der Waals surface area contributed by atoms with Crippen molar-refractivity contribution in [2.45, 2.75) is 65.8 Å². The molecule has 0 saturated heterocycles. The van der Waals surface area contributed by atoms with Crippen LogP contribution in [0.5, 0.6) is 0 Å². The molecule has 0 atom stereocenters. The lowest BCUT2D eigenvalue weighted by atomic mass is 10.3. The molecule has 0 aromatic rings. The second-order valence-electron chi connectivity index (χ2n) is 5.23. The van der Waals surface area contributed by atoms with Crippen LogP contribution in [0.1, 0.15) is 54.4 Å². The van der Waals surface area contributed by atoms with Crippen molar-refractivity contribution < 1.29 is 18.4 Å². The lowest BCUT2D eigenvalue weighted by Crippen LogP contribution is -2.50. The Kier molecular flexibility index (Phi) is 7.24. The van der Waals surface area contributed by atoms with Crippen molar-refractivity contribution in [2.24, 2.45) is 0 Å². The van der Waals surface area contributed by atoms with E-state index in [1.54, 1.807) is 41.5 Å². The summed E-state index contributed by atoms with van der Waals surface area (Å²) in [7, 11) is -1.33. The molecule has 0 aliphatic heterocycles. The summed E-state index contributed by atoms with van der Waals surface area (Å²) in [5.41, 5.74) is -1.49. The van der Waals surface area contributed by atoms with Crippen LogP contribution in [0.3, 0.4) is 0 Å². The van der Waals surface area contributed by atoms with Gasteiger partial charge < -0.3 is 19.5 Å². The summed E-state index contributed by atoms with van der Waals surface area (Å²) < 4.78 is 11.2. The van der Waals surface area contributed by atoms with E-state index in [0.29, 0.717) is 12.8 Å². The topological polar surface area (TPSA) is 76.7 Å². The van der Waals surface area contributed by atoms with Gasteiger partial charge in [0.25, 0.3) is 0 Å². The standard InChI is InChI=1S/C12H26N2O4Si/c1-7-9(15)13-11(3,4)17-19-18-12(5,6)14-10(16)8-2/h7-8,19H2,1-6H3,(H,13,15)(H,14,16). The van der Waals surface area contributed by atoms with Crippen molar-refractivity contribution in [1.82, 2.24) is 10.6 Å². The summed E-state index contributed by atoms with van der Waals surface area (Å²) in [6.07, 6.45) is 0.820. The van der Waals surface area contributed by atoms with E-state index in [1.807, 2.05) is 0 Å². The highest BCUT2D eigenvalue weighted by molar-refractivity contribution is 6.18. The maximum atomic E-state index is 11.3. The Hall–Kier alpha value is -0.923. The van der Waals surface area contributed by atoms with E-state index in [2.05, 4.69) is 10.6 Å². The van der Waals surface area contributed by atoms with Crippen LogP contribution in [0.2, 0.25) is 0 Å². The second kappa shape index (κ2) is 7.61. The van der Waals surface area contributed by atoms with Crippen LogP contribution in [-0.4, -0.2) is 33.3 Å². The molecule has 6 nitrogen and oxygen atoms in total. The summed E-state index contributed by atoms with van der Waals surface area (Å²) >= 11 is 0. The molecular weight excluding hydrogens is 264 g/mol. The molecule has 2 amide bonds. The summed E-state index contributed by atoms with van der Waals surface area (Å²) in [5.74, 6) is -0.143. The average Bonchev–Trinajstić information content (AvgIpc) is 2.26. The van der Waals surface area contributed by atoms with E-state index in [4.69, 9.17) is 8.85 Å². The molecule has 0 bridgehead atoms. The Morgan fingerprint density at radius 2 is 1.21 bits per heavy atom. The maximum Gasteiger partial charge on any atom is 0.308 e. The molecule has 0 unspecified atom stereocenters. The fraction of sp³-hybridized carbons (Fsp3) is 0.833. The van der Waals surface area contributed by atoms with Crippen LogP contribution in [0.15, 0.2) is 0 Å². The molecule has 0 aliphatic carbocycles. The van der Waals surface area contributed by atoms with Gasteiger partial charge in [0.15, 0.2) is 0 Å². The largest absolute Gasteiger partial charge is 0.376 e. The Labute approximate surface area is 117 Å². The molecule has 112 valence electrons. The lowest BCUT2D eigenvalue weighted by molar-refractivity contribution is -0.127. The first kappa shape index (κ1) is 18.1. The van der Waals surface area contributed by atoms with E-state index < -0.39 is 21.5 Å². The average molecular weight is 290 g/mol. The van der Waals surface area contributed by atoms with Gasteiger partial charge in [0.1, 0.15) is 11.4 Å². The van der Waals surface area contributed by atoms with Crippen LogP contribution in [0.25, 0.3) is 0 Å². The Morgan fingerprint density at radius 3 is 1.47 bits per heavy atom. The molecular formula is C12H26N2O4Si. The number of hydrogen-bond acceptors (Lipinski definition) is 4. The van der Waals surface area contributed by atoms with E-state index >= 15 is 0 Å². The quantitative estimate of drug-likeness (QED) is 0.505. The molecule has 0 radical (unpaired) electrons. The summed E-state index contributed by atoms with van der Waals surface area (Å²) in [5, 5.41) is 5.50. The zero-order valence-corrected chi connectivity index (χ0v) is 14.2. The molecule has 19 heavy (non-hydrogen) atoms. The summed E-state index contributed by atoms with van der Waals surface area (Å²) in [6, 6.07) is 0. The van der Waals surface area contributed by atoms with Crippen molar-refractivity contribution in [2.75, 3.05) is 0 Å². The fourth-order valence-corrected chi connectivity index (χ4v) is 2.04. The predicted octanol–water partition coefficient (Wildman–Crippen LogP) is 0.543. The molecule has 2 N–H and O–H groups in total. The predicted molar refractivity (Wildman–Crippen MR) is 75.7 cm³/mol. The van der Waals surface area contributed by atoms with Gasteiger partial charge in [-0.25, -0.2) is 0 Å². The van der Waals surface area contributed by atoms with Gasteiger partial charge in [0.05, 0.1) is 0 Å². The van der Waals surface area contributed by atoms with Crippen LogP contribution in [0.4, 0.5) is 0 Å². The Balaban J connectivity index is 4.13. The van der Waals surface area contributed by atoms with Gasteiger partial charge in [-0.3, -0.25) is 9.59 Å². The van der Waals surface area contributed by atoms with Crippen LogP contribution >= 0.6 is 0 Å². The zero-order chi connectivity index (χ0) is 15.1. The van der Waals surface area contributed by atoms with Gasteiger partial charge in [0, 0.05) is 12.8 Å². The first-order valence-corrected chi connectivity index (χ1v) is 7.67. The third-order valence-electron chi connectivity index (χ3n) is 2.36. The van der Waals surface area contributed by atoms with Crippen molar-refractivity contribution in [1.29, 1.82) is 0 Å². The highest BCUT2D eigenvalue weighted by Crippen LogP contribution is 2.08.